The number of nitrogens with one attached hydrogen (secondary N) is 1. The fourth-order valence-electron chi connectivity index (χ4n) is 2.18. The molecule has 0 aliphatic rings. The van der Waals surface area contributed by atoms with Crippen molar-refractivity contribution in [3.8, 4) is 0 Å². The van der Waals surface area contributed by atoms with Gasteiger partial charge in [0.25, 0.3) is 0 Å². The highest BCUT2D eigenvalue weighted by molar-refractivity contribution is 9.10. The van der Waals surface area contributed by atoms with Crippen LogP contribution >= 0.6 is 15.9 Å². The number of aliphatic hydroxyl groups is 1. The van der Waals surface area contributed by atoms with Gasteiger partial charge >= 0.3 is 0 Å². The standard InChI is InChI=1S/C16H17BrFNO/c1-11(14-8-7-13(17)9-15(14)18)19-16(10-20)12-5-3-2-4-6-12/h2-9,11,16,19-20H,10H2,1H3/t11?,16-/m0/s1. The zero-order chi connectivity index (χ0) is 14.5. The normalized spacial score (nSPS) is 14.0. The Hall–Kier alpha value is -1.23. The molecule has 4 heteroatoms. The van der Waals surface area contributed by atoms with Crippen LogP contribution in [0, 0.1) is 5.82 Å². The van der Waals surface area contributed by atoms with Gasteiger partial charge in [-0.2, -0.15) is 0 Å². The summed E-state index contributed by atoms with van der Waals surface area (Å²) in [6, 6.07) is 14.3. The molecule has 2 aromatic carbocycles. The summed E-state index contributed by atoms with van der Waals surface area (Å²) in [6.07, 6.45) is 0. The van der Waals surface area contributed by atoms with Crippen molar-refractivity contribution < 1.29 is 9.50 Å². The van der Waals surface area contributed by atoms with Gasteiger partial charge in [-0.3, -0.25) is 0 Å². The van der Waals surface area contributed by atoms with Crippen LogP contribution in [-0.2, 0) is 0 Å². The maximum atomic E-state index is 13.9. The first-order valence-electron chi connectivity index (χ1n) is 6.48. The Kier molecular flexibility index (Phi) is 5.29. The molecule has 0 heterocycles. The summed E-state index contributed by atoms with van der Waals surface area (Å²) in [5, 5.41) is 12.8. The minimum Gasteiger partial charge on any atom is -0.394 e. The van der Waals surface area contributed by atoms with Crippen molar-refractivity contribution in [3.63, 3.8) is 0 Å². The average Bonchev–Trinajstić information content (AvgIpc) is 2.45. The van der Waals surface area contributed by atoms with Crippen LogP contribution < -0.4 is 5.32 Å². The molecule has 0 aliphatic heterocycles. The van der Waals surface area contributed by atoms with Crippen LogP contribution in [0.5, 0.6) is 0 Å². The predicted octanol–water partition coefficient (Wildman–Crippen LogP) is 3.97. The zero-order valence-corrected chi connectivity index (χ0v) is 12.8. The Morgan fingerprint density at radius 2 is 1.90 bits per heavy atom. The van der Waals surface area contributed by atoms with E-state index in [2.05, 4.69) is 21.2 Å². The molecule has 0 radical (unpaired) electrons. The Balaban J connectivity index is 2.15. The van der Waals surface area contributed by atoms with Gasteiger partial charge in [0.15, 0.2) is 0 Å². The lowest BCUT2D eigenvalue weighted by atomic mass is 10.0. The summed E-state index contributed by atoms with van der Waals surface area (Å²) >= 11 is 3.25. The monoisotopic (exact) mass is 337 g/mol. The van der Waals surface area contributed by atoms with Crippen LogP contribution in [0.15, 0.2) is 53.0 Å². The van der Waals surface area contributed by atoms with Crippen molar-refractivity contribution in [3.05, 3.63) is 69.9 Å². The van der Waals surface area contributed by atoms with Crippen LogP contribution in [0.1, 0.15) is 30.1 Å². The summed E-state index contributed by atoms with van der Waals surface area (Å²) in [6.45, 7) is 1.85. The third kappa shape index (κ3) is 3.66. The molecule has 0 spiro atoms. The highest BCUT2D eigenvalue weighted by atomic mass is 79.9. The first-order chi connectivity index (χ1) is 9.61. The summed E-state index contributed by atoms with van der Waals surface area (Å²) in [7, 11) is 0. The van der Waals surface area contributed by atoms with Crippen LogP contribution in [0.3, 0.4) is 0 Å². The molecule has 20 heavy (non-hydrogen) atoms. The van der Waals surface area contributed by atoms with Crippen molar-refractivity contribution in [1.29, 1.82) is 0 Å². The van der Waals surface area contributed by atoms with Gasteiger partial charge in [-0.25, -0.2) is 4.39 Å². The Morgan fingerprint density at radius 3 is 2.50 bits per heavy atom. The molecule has 106 valence electrons. The second-order valence-corrected chi connectivity index (χ2v) is 5.62. The van der Waals surface area contributed by atoms with Gasteiger partial charge in [0, 0.05) is 16.1 Å². The lowest BCUT2D eigenvalue weighted by Crippen LogP contribution is -2.27. The molecule has 0 aromatic heterocycles. The number of aliphatic hydroxyl groups excluding tert-OH is 1. The number of hydrogen-bond donors (Lipinski definition) is 2. The van der Waals surface area contributed by atoms with E-state index in [9.17, 15) is 9.50 Å². The smallest absolute Gasteiger partial charge is 0.129 e. The van der Waals surface area contributed by atoms with Crippen molar-refractivity contribution in [2.45, 2.75) is 19.0 Å². The van der Waals surface area contributed by atoms with E-state index in [0.717, 1.165) is 5.56 Å². The fraction of sp³-hybridized carbons (Fsp3) is 0.250. The minimum absolute atomic E-state index is 0.0352. The molecule has 0 saturated heterocycles. The highest BCUT2D eigenvalue weighted by Gasteiger charge is 2.17. The molecule has 0 amide bonds. The largest absolute Gasteiger partial charge is 0.394 e. The van der Waals surface area contributed by atoms with Gasteiger partial charge in [0.2, 0.25) is 0 Å². The van der Waals surface area contributed by atoms with E-state index in [1.807, 2.05) is 43.3 Å². The maximum Gasteiger partial charge on any atom is 0.129 e. The fourth-order valence-corrected chi connectivity index (χ4v) is 2.52. The Bertz CT molecular complexity index is 562. The number of hydrogen-bond acceptors (Lipinski definition) is 2. The molecule has 2 N–H and O–H groups in total. The minimum atomic E-state index is -0.260. The van der Waals surface area contributed by atoms with E-state index in [1.165, 1.54) is 6.07 Å². The van der Waals surface area contributed by atoms with Crippen LogP contribution in [0.4, 0.5) is 4.39 Å². The summed E-state index contributed by atoms with van der Waals surface area (Å²) in [5.74, 6) is -0.260. The second kappa shape index (κ2) is 6.97. The Labute approximate surface area is 126 Å². The molecule has 2 atom stereocenters. The molecule has 2 nitrogen and oxygen atoms in total. The quantitative estimate of drug-likeness (QED) is 0.865. The van der Waals surface area contributed by atoms with Gasteiger partial charge in [0.05, 0.1) is 12.6 Å². The summed E-state index contributed by atoms with van der Waals surface area (Å²) in [5.41, 5.74) is 1.57. The van der Waals surface area contributed by atoms with E-state index >= 15 is 0 Å². The average molecular weight is 338 g/mol. The topological polar surface area (TPSA) is 32.3 Å². The van der Waals surface area contributed by atoms with Crippen LogP contribution in [0.25, 0.3) is 0 Å². The first-order valence-corrected chi connectivity index (χ1v) is 7.28. The van der Waals surface area contributed by atoms with Crippen LogP contribution in [0.2, 0.25) is 0 Å². The zero-order valence-electron chi connectivity index (χ0n) is 11.2. The van der Waals surface area contributed by atoms with Gasteiger partial charge in [0.1, 0.15) is 5.82 Å². The summed E-state index contributed by atoms with van der Waals surface area (Å²) < 4.78 is 14.6. The molecule has 1 unspecified atom stereocenters. The molecule has 2 aromatic rings. The molecule has 0 fully saturated rings. The number of rotatable bonds is 5. The van der Waals surface area contributed by atoms with Gasteiger partial charge in [-0.15, -0.1) is 0 Å². The predicted molar refractivity (Wildman–Crippen MR) is 81.9 cm³/mol. The first kappa shape index (κ1) is 15.2. The van der Waals surface area contributed by atoms with E-state index in [4.69, 9.17) is 0 Å². The molecule has 0 bridgehead atoms. The number of benzene rings is 2. The molecule has 2 rings (SSSR count). The van der Waals surface area contributed by atoms with Crippen molar-refractivity contribution >= 4 is 15.9 Å². The lowest BCUT2D eigenvalue weighted by molar-refractivity contribution is 0.234. The van der Waals surface area contributed by atoms with E-state index < -0.39 is 0 Å². The molecular formula is C16H17BrFNO. The SMILES string of the molecule is CC(N[C@@H](CO)c1ccccc1)c1ccc(Br)cc1F. The van der Waals surface area contributed by atoms with Crippen LogP contribution in [-0.4, -0.2) is 11.7 Å². The van der Waals surface area contributed by atoms with E-state index in [0.29, 0.717) is 10.0 Å². The van der Waals surface area contributed by atoms with Gasteiger partial charge < -0.3 is 10.4 Å². The molecular weight excluding hydrogens is 321 g/mol. The van der Waals surface area contributed by atoms with Crippen molar-refractivity contribution in [2.75, 3.05) is 6.61 Å². The summed E-state index contributed by atoms with van der Waals surface area (Å²) in [4.78, 5) is 0. The number of halogens is 2. The van der Waals surface area contributed by atoms with Crippen molar-refractivity contribution in [1.82, 2.24) is 5.32 Å². The Morgan fingerprint density at radius 1 is 1.20 bits per heavy atom. The van der Waals surface area contributed by atoms with Crippen molar-refractivity contribution in [2.24, 2.45) is 0 Å². The van der Waals surface area contributed by atoms with Gasteiger partial charge in [-0.05, 0) is 24.6 Å². The lowest BCUT2D eigenvalue weighted by Gasteiger charge is -2.23. The highest BCUT2D eigenvalue weighted by Crippen LogP contribution is 2.23. The third-order valence-corrected chi connectivity index (χ3v) is 3.76. The van der Waals surface area contributed by atoms with E-state index in [-0.39, 0.29) is 24.5 Å². The maximum absolute atomic E-state index is 13.9. The third-order valence-electron chi connectivity index (χ3n) is 3.26. The molecule has 0 aliphatic carbocycles. The van der Waals surface area contributed by atoms with Gasteiger partial charge in [-0.1, -0.05) is 52.3 Å². The molecule has 0 saturated carbocycles. The van der Waals surface area contributed by atoms with E-state index in [1.54, 1.807) is 6.07 Å². The second-order valence-electron chi connectivity index (χ2n) is 4.70.